The van der Waals surface area contributed by atoms with Gasteiger partial charge in [0.15, 0.2) is 18.9 Å². The second-order valence-electron chi connectivity index (χ2n) is 27.8. The summed E-state index contributed by atoms with van der Waals surface area (Å²) in [4.78, 5) is 13.5. The predicted molar refractivity (Wildman–Crippen MR) is 374 cm³/mol. The molecule has 3 rings (SSSR count). The number of nitrogens with one attached hydrogen (secondary N) is 1. The highest BCUT2D eigenvalue weighted by atomic mass is 16.8. The van der Waals surface area contributed by atoms with E-state index in [0.717, 1.165) is 57.8 Å². The van der Waals surface area contributed by atoms with Crippen molar-refractivity contribution in [3.63, 3.8) is 0 Å². The van der Waals surface area contributed by atoms with Gasteiger partial charge in [-0.05, 0) is 51.4 Å². The maximum absolute atomic E-state index is 13.5. The quantitative estimate of drug-likeness (QED) is 0.0199. The molecule has 3 heterocycles. The van der Waals surface area contributed by atoms with E-state index in [1.165, 1.54) is 218 Å². The normalized spacial score (nSPS) is 27.4. The second kappa shape index (κ2) is 57.6. The van der Waals surface area contributed by atoms with Crippen molar-refractivity contribution in [3.8, 4) is 0 Å². The molecule has 0 aliphatic carbocycles. The number of ether oxygens (including phenoxy) is 6. The first-order valence-corrected chi connectivity index (χ1v) is 38.7. The van der Waals surface area contributed by atoms with Crippen molar-refractivity contribution in [2.24, 2.45) is 0 Å². The molecule has 17 atom stereocenters. The van der Waals surface area contributed by atoms with Crippen LogP contribution in [0.4, 0.5) is 0 Å². The molecule has 95 heavy (non-hydrogen) atoms. The van der Waals surface area contributed by atoms with Crippen LogP contribution in [0.15, 0.2) is 36.5 Å². The van der Waals surface area contributed by atoms with Gasteiger partial charge in [0.25, 0.3) is 0 Å². The summed E-state index contributed by atoms with van der Waals surface area (Å²) in [5.41, 5.74) is 0. The van der Waals surface area contributed by atoms with E-state index in [1.807, 2.05) is 0 Å². The molecule has 12 N–H and O–H groups in total. The zero-order chi connectivity index (χ0) is 68.9. The van der Waals surface area contributed by atoms with E-state index in [9.17, 15) is 61.0 Å². The van der Waals surface area contributed by atoms with Crippen molar-refractivity contribution < 1.29 is 89.4 Å². The standard InChI is InChI=1S/C76H141NO18/c1-3-5-7-9-11-13-15-17-19-21-22-23-24-25-26-27-28-29-30-31-32-33-34-35-36-38-40-42-44-46-48-50-52-54-64(82)77-59(60(81)53-51-49-47-45-43-41-39-37-20-18-16-14-12-10-8-6-4-2)58-90-74-70(88)67(85)72(62(56-79)92-74)95-76-71(89)68(86)73(63(57-80)93-76)94-75-69(87)66(84)65(83)61(55-78)91-75/h15,17,21-22,24-25,59-63,65-76,78-81,83-89H,3-14,16,18-20,23,26-58H2,1-2H3,(H,77,82)/b17-15-,22-21-,25-24-. The van der Waals surface area contributed by atoms with Crippen LogP contribution in [-0.2, 0) is 33.2 Å². The van der Waals surface area contributed by atoms with Gasteiger partial charge in [0.2, 0.25) is 5.91 Å². The highest BCUT2D eigenvalue weighted by molar-refractivity contribution is 5.76. The topological polar surface area (TPSA) is 307 Å². The summed E-state index contributed by atoms with van der Waals surface area (Å²) in [5.74, 6) is -0.238. The maximum atomic E-state index is 13.5. The Morgan fingerprint density at radius 3 is 1.08 bits per heavy atom. The third-order valence-electron chi connectivity index (χ3n) is 19.5. The molecule has 3 saturated heterocycles. The number of allylic oxidation sites excluding steroid dienone is 6. The van der Waals surface area contributed by atoms with Gasteiger partial charge in [-0.2, -0.15) is 0 Å². The van der Waals surface area contributed by atoms with Gasteiger partial charge in [-0.3, -0.25) is 4.79 Å². The number of unbranched alkanes of at least 4 members (excludes halogenated alkanes) is 39. The van der Waals surface area contributed by atoms with Crippen LogP contribution in [0.3, 0.4) is 0 Å². The zero-order valence-corrected chi connectivity index (χ0v) is 59.4. The van der Waals surface area contributed by atoms with Crippen molar-refractivity contribution in [1.82, 2.24) is 5.32 Å². The predicted octanol–water partition coefficient (Wildman–Crippen LogP) is 11.9. The maximum Gasteiger partial charge on any atom is 0.220 e. The van der Waals surface area contributed by atoms with E-state index in [2.05, 4.69) is 55.6 Å². The molecule has 0 saturated carbocycles. The first-order chi connectivity index (χ1) is 46.3. The highest BCUT2D eigenvalue weighted by Crippen LogP contribution is 2.33. The average Bonchev–Trinajstić information content (AvgIpc) is 0.786. The SMILES string of the molecule is CCCCCCC/C=C\C/C=C\C/C=C\CCCCCCCCCCCCCCCCCCCCC(=O)NC(COC1OC(CO)C(OC2OC(CO)C(OC3OC(CO)C(O)C(O)C3O)C(O)C2O)C(O)C1O)C(O)CCCCCCCCCCCCCCCCCCC. The van der Waals surface area contributed by atoms with Crippen LogP contribution in [0.2, 0.25) is 0 Å². The Kier molecular flexibility index (Phi) is 52.9. The van der Waals surface area contributed by atoms with Crippen LogP contribution in [0.25, 0.3) is 0 Å². The van der Waals surface area contributed by atoms with Crippen LogP contribution in [0.5, 0.6) is 0 Å². The number of carbonyl (C=O) groups is 1. The molecule has 17 unspecified atom stereocenters. The minimum Gasteiger partial charge on any atom is -0.394 e. The first kappa shape index (κ1) is 87.2. The Balaban J connectivity index is 1.35. The van der Waals surface area contributed by atoms with E-state index in [4.69, 9.17) is 28.4 Å². The van der Waals surface area contributed by atoms with Gasteiger partial charge < -0.3 is 89.9 Å². The third kappa shape index (κ3) is 38.6. The van der Waals surface area contributed by atoms with Crippen LogP contribution in [-0.4, -0.2) is 193 Å². The van der Waals surface area contributed by atoms with Crippen LogP contribution in [0, 0.1) is 0 Å². The van der Waals surface area contributed by atoms with Gasteiger partial charge >= 0.3 is 0 Å². The van der Waals surface area contributed by atoms with E-state index in [1.54, 1.807) is 0 Å². The van der Waals surface area contributed by atoms with Gasteiger partial charge in [-0.1, -0.05) is 288 Å². The van der Waals surface area contributed by atoms with E-state index >= 15 is 0 Å². The molecular weight excluding hydrogens is 1210 g/mol. The molecule has 0 bridgehead atoms. The van der Waals surface area contributed by atoms with Gasteiger partial charge in [0.1, 0.15) is 73.2 Å². The van der Waals surface area contributed by atoms with Crippen LogP contribution in [0.1, 0.15) is 309 Å². The van der Waals surface area contributed by atoms with Gasteiger partial charge in [0, 0.05) is 6.42 Å². The first-order valence-electron chi connectivity index (χ1n) is 38.7. The number of aliphatic hydroxyl groups is 11. The number of amides is 1. The molecule has 0 aromatic carbocycles. The lowest BCUT2D eigenvalue weighted by Gasteiger charge is -2.48. The molecule has 3 aliphatic rings. The largest absolute Gasteiger partial charge is 0.394 e. The van der Waals surface area contributed by atoms with Crippen LogP contribution >= 0.6 is 0 Å². The number of aliphatic hydroxyl groups excluding tert-OH is 11. The van der Waals surface area contributed by atoms with E-state index in [0.29, 0.717) is 12.8 Å². The van der Waals surface area contributed by atoms with Crippen molar-refractivity contribution >= 4 is 5.91 Å². The molecule has 0 spiro atoms. The molecule has 0 radical (unpaired) electrons. The molecule has 3 fully saturated rings. The highest BCUT2D eigenvalue weighted by Gasteiger charge is 2.54. The van der Waals surface area contributed by atoms with Crippen molar-refractivity contribution in [2.45, 2.75) is 413 Å². The third-order valence-corrected chi connectivity index (χ3v) is 19.5. The van der Waals surface area contributed by atoms with Crippen molar-refractivity contribution in [2.75, 3.05) is 26.4 Å². The Morgan fingerprint density at radius 2 is 0.695 bits per heavy atom. The summed E-state index contributed by atoms with van der Waals surface area (Å²) >= 11 is 0. The van der Waals surface area contributed by atoms with Crippen molar-refractivity contribution in [1.29, 1.82) is 0 Å². The number of rotatable bonds is 61. The second-order valence-corrected chi connectivity index (χ2v) is 27.8. The summed E-state index contributed by atoms with van der Waals surface area (Å²) in [5, 5.41) is 121. The van der Waals surface area contributed by atoms with Gasteiger partial charge in [0.05, 0.1) is 38.6 Å². The molecule has 0 aromatic rings. The van der Waals surface area contributed by atoms with E-state index in [-0.39, 0.29) is 18.9 Å². The molecule has 3 aliphatic heterocycles. The average molecular weight is 1360 g/mol. The Hall–Kier alpha value is -1.99. The van der Waals surface area contributed by atoms with E-state index < -0.39 is 124 Å². The summed E-state index contributed by atoms with van der Waals surface area (Å²) < 4.78 is 34.5. The van der Waals surface area contributed by atoms with Gasteiger partial charge in [-0.25, -0.2) is 0 Å². The smallest absolute Gasteiger partial charge is 0.220 e. The fourth-order valence-corrected chi connectivity index (χ4v) is 13.2. The monoisotopic (exact) mass is 1360 g/mol. The molecular formula is C76H141NO18. The van der Waals surface area contributed by atoms with Crippen LogP contribution < -0.4 is 5.32 Å². The Bertz CT molecular complexity index is 1860. The Morgan fingerprint density at radius 1 is 0.379 bits per heavy atom. The summed E-state index contributed by atoms with van der Waals surface area (Å²) in [6.45, 7) is 1.82. The number of hydrogen-bond donors (Lipinski definition) is 12. The number of carbonyl (C=O) groups excluding carboxylic acids is 1. The fraction of sp³-hybridized carbons (Fsp3) is 0.908. The number of hydrogen-bond acceptors (Lipinski definition) is 18. The molecule has 19 nitrogen and oxygen atoms in total. The molecule has 19 heteroatoms. The zero-order valence-electron chi connectivity index (χ0n) is 59.4. The van der Waals surface area contributed by atoms with Crippen molar-refractivity contribution in [3.05, 3.63) is 36.5 Å². The lowest BCUT2D eigenvalue weighted by molar-refractivity contribution is -0.379. The minimum absolute atomic E-state index is 0.238. The fourth-order valence-electron chi connectivity index (χ4n) is 13.2. The molecule has 558 valence electrons. The summed E-state index contributed by atoms with van der Waals surface area (Å²) in [6, 6.07) is -0.886. The molecule has 0 aromatic heterocycles. The van der Waals surface area contributed by atoms with Gasteiger partial charge in [-0.15, -0.1) is 0 Å². The lowest BCUT2D eigenvalue weighted by Crippen LogP contribution is -2.66. The molecule has 1 amide bonds. The summed E-state index contributed by atoms with van der Waals surface area (Å²) in [6.07, 6.45) is 42.3. The lowest BCUT2D eigenvalue weighted by atomic mass is 9.96. The Labute approximate surface area is 574 Å². The minimum atomic E-state index is -1.97. The summed E-state index contributed by atoms with van der Waals surface area (Å²) in [7, 11) is 0.